The summed E-state index contributed by atoms with van der Waals surface area (Å²) >= 11 is 1.27. The van der Waals surface area contributed by atoms with Gasteiger partial charge in [0.25, 0.3) is 10.0 Å². The van der Waals surface area contributed by atoms with E-state index in [9.17, 15) is 12.8 Å². The quantitative estimate of drug-likeness (QED) is 0.499. The van der Waals surface area contributed by atoms with Gasteiger partial charge in [0.05, 0.1) is 5.51 Å². The third-order valence-corrected chi connectivity index (χ3v) is 7.92. The van der Waals surface area contributed by atoms with E-state index in [1.807, 2.05) is 18.2 Å². The van der Waals surface area contributed by atoms with E-state index in [2.05, 4.69) is 32.1 Å². The lowest BCUT2D eigenvalue weighted by Gasteiger charge is -2.20. The minimum atomic E-state index is -4.05. The normalized spacial score (nSPS) is 19.2. The Bertz CT molecular complexity index is 1180. The second-order valence-electron chi connectivity index (χ2n) is 8.47. The first kappa shape index (κ1) is 21.4. The summed E-state index contributed by atoms with van der Waals surface area (Å²) in [6.45, 7) is 2.73. The summed E-state index contributed by atoms with van der Waals surface area (Å²) < 4.78 is 42.9. The van der Waals surface area contributed by atoms with E-state index < -0.39 is 15.8 Å². The molecule has 1 aliphatic carbocycles. The molecule has 0 amide bonds. The fourth-order valence-corrected chi connectivity index (χ4v) is 5.90. The maximum Gasteiger partial charge on any atom is 0.266 e. The largest absolute Gasteiger partial charge is 0.381 e. The van der Waals surface area contributed by atoms with E-state index in [0.717, 1.165) is 44.5 Å². The molecule has 2 N–H and O–H groups in total. The van der Waals surface area contributed by atoms with Gasteiger partial charge in [-0.25, -0.2) is 17.8 Å². The summed E-state index contributed by atoms with van der Waals surface area (Å²) in [5, 5.41) is 5.08. The Morgan fingerprint density at radius 3 is 2.69 bits per heavy atom. The van der Waals surface area contributed by atoms with Crippen LogP contribution in [0.1, 0.15) is 36.3 Å². The minimum absolute atomic E-state index is 0.200. The zero-order chi connectivity index (χ0) is 22.1. The molecule has 2 heterocycles. The number of nitrogens with one attached hydrogen (secondary N) is 2. The van der Waals surface area contributed by atoms with Gasteiger partial charge in [-0.3, -0.25) is 9.62 Å². The van der Waals surface area contributed by atoms with Crippen LogP contribution < -0.4 is 10.0 Å². The highest BCUT2D eigenvalue weighted by Gasteiger charge is 2.32. The number of hydrogen-bond acceptors (Lipinski definition) is 6. The summed E-state index contributed by atoms with van der Waals surface area (Å²) in [6.07, 6.45) is 2.94. The number of benzene rings is 2. The molecule has 3 aromatic rings. The van der Waals surface area contributed by atoms with Crippen LogP contribution in [0.15, 0.2) is 58.3 Å². The maximum atomic E-state index is 15.0. The van der Waals surface area contributed by atoms with Crippen molar-refractivity contribution in [3.8, 4) is 0 Å². The van der Waals surface area contributed by atoms with E-state index >= 15 is 0 Å². The van der Waals surface area contributed by atoms with Gasteiger partial charge in [0, 0.05) is 36.7 Å². The van der Waals surface area contributed by atoms with Crippen molar-refractivity contribution in [1.82, 2.24) is 9.88 Å². The minimum Gasteiger partial charge on any atom is -0.381 e. The average Bonchev–Trinajstić information content (AvgIpc) is 3.31. The zero-order valence-corrected chi connectivity index (χ0v) is 19.1. The van der Waals surface area contributed by atoms with E-state index in [1.165, 1.54) is 34.5 Å². The van der Waals surface area contributed by atoms with Crippen molar-refractivity contribution in [3.63, 3.8) is 0 Å². The SMILES string of the molecule is O=S(=O)(Nc1cscn1)c1cc(C2CC2)c(N[C@H]2CCN(Cc3ccccc3)C2)cc1F. The number of rotatable bonds is 8. The maximum absolute atomic E-state index is 15.0. The van der Waals surface area contributed by atoms with Crippen molar-refractivity contribution in [1.29, 1.82) is 0 Å². The Balaban J connectivity index is 1.33. The van der Waals surface area contributed by atoms with Crippen molar-refractivity contribution in [3.05, 3.63) is 70.3 Å². The second-order valence-corrected chi connectivity index (χ2v) is 10.8. The molecule has 1 aromatic heterocycles. The predicted molar refractivity (Wildman–Crippen MR) is 125 cm³/mol. The number of likely N-dealkylation sites (tertiary alicyclic amines) is 1. The topological polar surface area (TPSA) is 74.3 Å². The number of sulfonamides is 1. The number of hydrogen-bond donors (Lipinski definition) is 2. The molecule has 1 atom stereocenters. The lowest BCUT2D eigenvalue weighted by Crippen LogP contribution is -2.26. The van der Waals surface area contributed by atoms with E-state index in [4.69, 9.17) is 0 Å². The van der Waals surface area contributed by atoms with Gasteiger partial charge < -0.3 is 5.32 Å². The molecule has 32 heavy (non-hydrogen) atoms. The number of anilines is 2. The van der Waals surface area contributed by atoms with E-state index in [1.54, 1.807) is 5.38 Å². The van der Waals surface area contributed by atoms with Gasteiger partial charge in [0.15, 0.2) is 5.82 Å². The van der Waals surface area contributed by atoms with Crippen LogP contribution in [0, 0.1) is 5.82 Å². The molecule has 168 valence electrons. The Morgan fingerprint density at radius 2 is 1.97 bits per heavy atom. The molecule has 5 rings (SSSR count). The Labute approximate surface area is 191 Å². The van der Waals surface area contributed by atoms with Crippen LogP contribution in [0.3, 0.4) is 0 Å². The molecule has 0 bridgehead atoms. The molecule has 9 heteroatoms. The summed E-state index contributed by atoms with van der Waals surface area (Å²) in [5.74, 6) is -0.277. The fourth-order valence-electron chi connectivity index (χ4n) is 4.24. The van der Waals surface area contributed by atoms with Gasteiger partial charge in [0.1, 0.15) is 10.7 Å². The third kappa shape index (κ3) is 4.79. The van der Waals surface area contributed by atoms with Crippen LogP contribution in [-0.4, -0.2) is 37.4 Å². The van der Waals surface area contributed by atoms with Crippen LogP contribution >= 0.6 is 11.3 Å². The lowest BCUT2D eigenvalue weighted by atomic mass is 10.1. The van der Waals surface area contributed by atoms with Crippen LogP contribution in [0.2, 0.25) is 0 Å². The molecule has 2 fully saturated rings. The third-order valence-electron chi connectivity index (χ3n) is 5.96. The van der Waals surface area contributed by atoms with Gasteiger partial charge in [-0.05, 0) is 48.4 Å². The van der Waals surface area contributed by atoms with Gasteiger partial charge >= 0.3 is 0 Å². The van der Waals surface area contributed by atoms with Crippen molar-refractivity contribution >= 4 is 32.9 Å². The number of nitrogens with zero attached hydrogens (tertiary/aromatic N) is 2. The van der Waals surface area contributed by atoms with Crippen molar-refractivity contribution in [2.75, 3.05) is 23.1 Å². The van der Waals surface area contributed by atoms with Gasteiger partial charge in [-0.15, -0.1) is 11.3 Å². The summed E-state index contributed by atoms with van der Waals surface area (Å²) in [4.78, 5) is 6.00. The molecule has 0 radical (unpaired) electrons. The summed E-state index contributed by atoms with van der Waals surface area (Å²) in [5.41, 5.74) is 4.40. The molecule has 2 aromatic carbocycles. The van der Waals surface area contributed by atoms with Crippen molar-refractivity contribution < 1.29 is 12.8 Å². The van der Waals surface area contributed by atoms with Gasteiger partial charge in [-0.2, -0.15) is 0 Å². The van der Waals surface area contributed by atoms with Crippen molar-refractivity contribution in [2.24, 2.45) is 0 Å². The molecule has 0 spiro atoms. The Hall–Kier alpha value is -2.49. The van der Waals surface area contributed by atoms with Crippen LogP contribution in [-0.2, 0) is 16.6 Å². The van der Waals surface area contributed by atoms with Crippen LogP contribution in [0.25, 0.3) is 0 Å². The van der Waals surface area contributed by atoms with E-state index in [0.29, 0.717) is 5.69 Å². The monoisotopic (exact) mass is 472 g/mol. The Morgan fingerprint density at radius 1 is 1.16 bits per heavy atom. The molecule has 1 aliphatic heterocycles. The van der Waals surface area contributed by atoms with Gasteiger partial charge in [-0.1, -0.05) is 30.3 Å². The summed E-state index contributed by atoms with van der Waals surface area (Å²) in [6, 6.07) is 13.4. The molecular formula is C23H25FN4O2S2. The molecular weight excluding hydrogens is 447 g/mol. The second kappa shape index (κ2) is 8.80. The standard InChI is InChI=1S/C23H25FN4O2S2/c24-20-11-21(26-18-8-9-28(13-18)12-16-4-2-1-3-5-16)19(17-6-7-17)10-22(20)32(29,30)27-23-14-31-15-25-23/h1-5,10-11,14-15,17-18,26-27H,6-9,12-13H2/t18-/m0/s1. The Kier molecular flexibility index (Phi) is 5.88. The highest BCUT2D eigenvalue weighted by Crippen LogP contribution is 2.45. The molecule has 6 nitrogen and oxygen atoms in total. The summed E-state index contributed by atoms with van der Waals surface area (Å²) in [7, 11) is -4.05. The molecule has 0 unspecified atom stereocenters. The first-order valence-corrected chi connectivity index (χ1v) is 13.2. The molecule has 1 saturated carbocycles. The first-order valence-electron chi connectivity index (χ1n) is 10.8. The van der Waals surface area contributed by atoms with Crippen LogP contribution in [0.5, 0.6) is 0 Å². The van der Waals surface area contributed by atoms with Crippen LogP contribution in [0.4, 0.5) is 15.9 Å². The average molecular weight is 473 g/mol. The van der Waals surface area contributed by atoms with Crippen molar-refractivity contribution in [2.45, 2.75) is 42.7 Å². The van der Waals surface area contributed by atoms with E-state index in [-0.39, 0.29) is 22.7 Å². The smallest absolute Gasteiger partial charge is 0.266 e. The molecule has 1 saturated heterocycles. The zero-order valence-electron chi connectivity index (χ0n) is 17.5. The number of aromatic nitrogens is 1. The van der Waals surface area contributed by atoms with Gasteiger partial charge in [0.2, 0.25) is 0 Å². The highest BCUT2D eigenvalue weighted by molar-refractivity contribution is 7.92. The first-order chi connectivity index (χ1) is 15.5. The highest BCUT2D eigenvalue weighted by atomic mass is 32.2. The molecule has 2 aliphatic rings. The predicted octanol–water partition coefficient (Wildman–Crippen LogP) is 4.65. The number of halogens is 1. The lowest BCUT2D eigenvalue weighted by molar-refractivity contribution is 0.328. The fraction of sp³-hybridized carbons (Fsp3) is 0.348. The number of thiazole rings is 1.